The Kier molecular flexibility index (Phi) is 5.79. The van der Waals surface area contributed by atoms with E-state index < -0.39 is 6.04 Å². The summed E-state index contributed by atoms with van der Waals surface area (Å²) in [6.45, 7) is 4.09. The summed E-state index contributed by atoms with van der Waals surface area (Å²) in [5.74, 6) is 0.107. The van der Waals surface area contributed by atoms with Gasteiger partial charge in [0.05, 0.1) is 5.92 Å². The fraction of sp³-hybridized carbons (Fsp3) is 0.857. The number of nitrogens with two attached hydrogens (primary N) is 1. The summed E-state index contributed by atoms with van der Waals surface area (Å²) in [5, 5.41) is 2.89. The monoisotopic (exact) mass is 269 g/mol. The molecule has 0 aromatic rings. The molecule has 1 aliphatic rings. The fourth-order valence-electron chi connectivity index (χ4n) is 2.60. The Bertz CT molecular complexity index is 329. The van der Waals surface area contributed by atoms with Crippen LogP contribution >= 0.6 is 0 Å². The van der Waals surface area contributed by atoms with Gasteiger partial charge in [0.15, 0.2) is 0 Å². The van der Waals surface area contributed by atoms with Crippen LogP contribution in [0.4, 0.5) is 0 Å². The first-order valence-electron chi connectivity index (χ1n) is 7.10. The van der Waals surface area contributed by atoms with Crippen molar-refractivity contribution in [2.24, 2.45) is 17.6 Å². The molecule has 2 amide bonds. The Labute approximate surface area is 115 Å². The molecule has 1 fully saturated rings. The van der Waals surface area contributed by atoms with Crippen LogP contribution in [0.15, 0.2) is 0 Å². The van der Waals surface area contributed by atoms with Crippen molar-refractivity contribution in [3.8, 4) is 0 Å². The number of likely N-dealkylation sites (N-methyl/N-ethyl adjacent to an activating group) is 1. The molecule has 1 rings (SSSR count). The van der Waals surface area contributed by atoms with E-state index in [1.807, 2.05) is 13.8 Å². The smallest absolute Gasteiger partial charge is 0.244 e. The quantitative estimate of drug-likeness (QED) is 0.772. The zero-order valence-electron chi connectivity index (χ0n) is 12.5. The lowest BCUT2D eigenvalue weighted by Crippen LogP contribution is -2.50. The number of nitrogens with zero attached hydrogens (tertiary/aromatic N) is 1. The fourth-order valence-corrected chi connectivity index (χ4v) is 2.60. The minimum atomic E-state index is -0.435. The second-order valence-electron chi connectivity index (χ2n) is 6.12. The Balaban J connectivity index is 2.66. The number of nitrogens with one attached hydrogen (secondary N) is 1. The summed E-state index contributed by atoms with van der Waals surface area (Å²) >= 11 is 0. The molecule has 19 heavy (non-hydrogen) atoms. The molecule has 0 saturated heterocycles. The van der Waals surface area contributed by atoms with Crippen LogP contribution in [0.25, 0.3) is 0 Å². The molecule has 0 spiro atoms. The van der Waals surface area contributed by atoms with E-state index in [1.54, 1.807) is 14.1 Å². The summed E-state index contributed by atoms with van der Waals surface area (Å²) in [4.78, 5) is 25.8. The Morgan fingerprint density at radius 3 is 2.37 bits per heavy atom. The van der Waals surface area contributed by atoms with E-state index in [2.05, 4.69) is 5.32 Å². The zero-order valence-corrected chi connectivity index (χ0v) is 12.5. The molecule has 1 aliphatic carbocycles. The molecule has 0 radical (unpaired) electrons. The van der Waals surface area contributed by atoms with Gasteiger partial charge in [-0.25, -0.2) is 0 Å². The van der Waals surface area contributed by atoms with Gasteiger partial charge in [0.2, 0.25) is 11.8 Å². The highest BCUT2D eigenvalue weighted by atomic mass is 16.2. The Morgan fingerprint density at radius 1 is 1.32 bits per heavy atom. The van der Waals surface area contributed by atoms with E-state index in [0.29, 0.717) is 12.3 Å². The van der Waals surface area contributed by atoms with Crippen LogP contribution in [0.1, 0.15) is 39.5 Å². The molecule has 3 unspecified atom stereocenters. The van der Waals surface area contributed by atoms with Crippen LogP contribution in [0, 0.1) is 11.8 Å². The summed E-state index contributed by atoms with van der Waals surface area (Å²) < 4.78 is 0. The van der Waals surface area contributed by atoms with Gasteiger partial charge >= 0.3 is 0 Å². The SMILES string of the molecule is CC(C)CC(NC(=O)C1CCCC1N)C(=O)N(C)C. The molecule has 0 aromatic carbocycles. The highest BCUT2D eigenvalue weighted by Crippen LogP contribution is 2.24. The van der Waals surface area contributed by atoms with Crippen molar-refractivity contribution in [3.63, 3.8) is 0 Å². The van der Waals surface area contributed by atoms with E-state index in [0.717, 1.165) is 19.3 Å². The van der Waals surface area contributed by atoms with Gasteiger partial charge in [-0.2, -0.15) is 0 Å². The Hall–Kier alpha value is -1.10. The number of hydrogen-bond donors (Lipinski definition) is 2. The summed E-state index contributed by atoms with van der Waals surface area (Å²) in [6.07, 6.45) is 3.38. The molecule has 5 nitrogen and oxygen atoms in total. The van der Waals surface area contributed by atoms with E-state index >= 15 is 0 Å². The van der Waals surface area contributed by atoms with Crippen molar-refractivity contribution in [3.05, 3.63) is 0 Å². The first kappa shape index (κ1) is 16.0. The normalized spacial score (nSPS) is 24.3. The van der Waals surface area contributed by atoms with Crippen LogP contribution in [-0.2, 0) is 9.59 Å². The van der Waals surface area contributed by atoms with Crippen LogP contribution in [0.2, 0.25) is 0 Å². The molecule has 0 aliphatic heterocycles. The topological polar surface area (TPSA) is 75.4 Å². The molecule has 5 heteroatoms. The van der Waals surface area contributed by atoms with Crippen LogP contribution in [0.5, 0.6) is 0 Å². The molecule has 3 atom stereocenters. The second-order valence-corrected chi connectivity index (χ2v) is 6.12. The molecule has 0 aromatic heterocycles. The van der Waals surface area contributed by atoms with E-state index in [4.69, 9.17) is 5.73 Å². The standard InChI is InChI=1S/C14H27N3O2/c1-9(2)8-12(14(19)17(3)4)16-13(18)10-6-5-7-11(10)15/h9-12H,5-8,15H2,1-4H3,(H,16,18). The first-order chi connectivity index (χ1) is 8.82. The lowest BCUT2D eigenvalue weighted by molar-refractivity contribution is -0.136. The van der Waals surface area contributed by atoms with E-state index in [1.165, 1.54) is 4.90 Å². The lowest BCUT2D eigenvalue weighted by Gasteiger charge is -2.25. The maximum absolute atomic E-state index is 12.2. The third kappa shape index (κ3) is 4.49. The van der Waals surface area contributed by atoms with E-state index in [-0.39, 0.29) is 23.8 Å². The Morgan fingerprint density at radius 2 is 1.95 bits per heavy atom. The first-order valence-corrected chi connectivity index (χ1v) is 7.10. The number of amides is 2. The van der Waals surface area contributed by atoms with Crippen LogP contribution in [-0.4, -0.2) is 42.9 Å². The van der Waals surface area contributed by atoms with Crippen LogP contribution < -0.4 is 11.1 Å². The summed E-state index contributed by atoms with van der Waals surface area (Å²) in [5.41, 5.74) is 5.94. The van der Waals surface area contributed by atoms with Gasteiger partial charge in [-0.3, -0.25) is 9.59 Å². The predicted octanol–water partition coefficient (Wildman–Crippen LogP) is 0.733. The molecule has 0 heterocycles. The minimum absolute atomic E-state index is 0.0476. The average Bonchev–Trinajstić information content (AvgIpc) is 2.72. The highest BCUT2D eigenvalue weighted by molar-refractivity contribution is 5.88. The van der Waals surface area contributed by atoms with Crippen molar-refractivity contribution in [2.45, 2.75) is 51.6 Å². The van der Waals surface area contributed by atoms with Crippen molar-refractivity contribution in [1.29, 1.82) is 0 Å². The second kappa shape index (κ2) is 6.89. The number of hydrogen-bond acceptors (Lipinski definition) is 3. The third-order valence-corrected chi connectivity index (χ3v) is 3.67. The molecular formula is C14H27N3O2. The summed E-state index contributed by atoms with van der Waals surface area (Å²) in [7, 11) is 3.42. The summed E-state index contributed by atoms with van der Waals surface area (Å²) in [6, 6.07) is -0.496. The van der Waals surface area contributed by atoms with Gasteiger partial charge in [-0.15, -0.1) is 0 Å². The lowest BCUT2D eigenvalue weighted by atomic mass is 9.99. The van der Waals surface area contributed by atoms with Crippen molar-refractivity contribution < 1.29 is 9.59 Å². The van der Waals surface area contributed by atoms with Gasteiger partial charge in [0.25, 0.3) is 0 Å². The van der Waals surface area contributed by atoms with Crippen molar-refractivity contribution in [1.82, 2.24) is 10.2 Å². The number of carbonyl (C=O) groups excluding carboxylic acids is 2. The zero-order chi connectivity index (χ0) is 14.6. The highest BCUT2D eigenvalue weighted by Gasteiger charge is 2.33. The molecule has 110 valence electrons. The maximum Gasteiger partial charge on any atom is 0.244 e. The van der Waals surface area contributed by atoms with Crippen molar-refractivity contribution >= 4 is 11.8 Å². The van der Waals surface area contributed by atoms with Crippen molar-refractivity contribution in [2.75, 3.05) is 14.1 Å². The third-order valence-electron chi connectivity index (χ3n) is 3.67. The minimum Gasteiger partial charge on any atom is -0.347 e. The predicted molar refractivity (Wildman–Crippen MR) is 75.4 cm³/mol. The molecule has 3 N–H and O–H groups in total. The maximum atomic E-state index is 12.2. The number of carbonyl (C=O) groups is 2. The molecule has 1 saturated carbocycles. The van der Waals surface area contributed by atoms with E-state index in [9.17, 15) is 9.59 Å². The van der Waals surface area contributed by atoms with Gasteiger partial charge in [-0.05, 0) is 25.2 Å². The van der Waals surface area contributed by atoms with Crippen LogP contribution in [0.3, 0.4) is 0 Å². The molecular weight excluding hydrogens is 242 g/mol. The number of rotatable bonds is 5. The largest absolute Gasteiger partial charge is 0.347 e. The van der Waals surface area contributed by atoms with Gasteiger partial charge < -0.3 is 16.0 Å². The van der Waals surface area contributed by atoms with Gasteiger partial charge in [0, 0.05) is 20.1 Å². The van der Waals surface area contributed by atoms with Gasteiger partial charge in [0.1, 0.15) is 6.04 Å². The molecule has 0 bridgehead atoms. The van der Waals surface area contributed by atoms with Gasteiger partial charge in [-0.1, -0.05) is 20.3 Å². The average molecular weight is 269 g/mol.